The SMILES string of the molecule is C[C@H](O)c1nccn1C(/C=C/c1ccc(-c2ccc(OCC(N)CO)cc2)cc1)CO. The lowest BCUT2D eigenvalue weighted by molar-refractivity contribution is 0.175. The molecule has 0 bridgehead atoms. The van der Waals surface area contributed by atoms with Crippen molar-refractivity contribution in [3.05, 3.63) is 78.4 Å². The van der Waals surface area contributed by atoms with Crippen LogP contribution in [0.4, 0.5) is 0 Å². The van der Waals surface area contributed by atoms with E-state index < -0.39 is 12.1 Å². The van der Waals surface area contributed by atoms with Crippen LogP contribution in [0.1, 0.15) is 30.5 Å². The van der Waals surface area contributed by atoms with E-state index in [9.17, 15) is 10.2 Å². The summed E-state index contributed by atoms with van der Waals surface area (Å²) in [4.78, 5) is 4.16. The van der Waals surface area contributed by atoms with Crippen molar-refractivity contribution < 1.29 is 20.1 Å². The van der Waals surface area contributed by atoms with Gasteiger partial charge in [0.15, 0.2) is 0 Å². The second-order valence-electron chi connectivity index (χ2n) is 7.38. The molecule has 3 aromatic rings. The first-order chi connectivity index (χ1) is 15.0. The van der Waals surface area contributed by atoms with Crippen LogP contribution in [0, 0.1) is 0 Å². The molecule has 5 N–H and O–H groups in total. The maximum absolute atomic E-state index is 9.83. The quantitative estimate of drug-likeness (QED) is 0.399. The summed E-state index contributed by atoms with van der Waals surface area (Å²) in [5, 5.41) is 28.6. The standard InChI is InChI=1S/C24H29N3O4/c1-17(30)24-26-12-13-27(24)22(15-29)9-4-18-2-5-19(6-3-18)20-7-10-23(11-8-20)31-16-21(25)14-28/h2-13,17,21-22,28-30H,14-16,25H2,1H3/b9-4+/t17-,21?,22?/m0/s1. The summed E-state index contributed by atoms with van der Waals surface area (Å²) in [5.74, 6) is 1.23. The predicted octanol–water partition coefficient (Wildman–Crippen LogP) is 2.55. The average Bonchev–Trinajstić information content (AvgIpc) is 3.29. The van der Waals surface area contributed by atoms with Crippen LogP contribution >= 0.6 is 0 Å². The van der Waals surface area contributed by atoms with Crippen molar-refractivity contribution >= 4 is 6.08 Å². The third kappa shape index (κ3) is 6.02. The molecule has 2 aromatic carbocycles. The van der Waals surface area contributed by atoms with Crippen LogP contribution in [0.15, 0.2) is 67.0 Å². The van der Waals surface area contributed by atoms with E-state index in [4.69, 9.17) is 15.6 Å². The molecule has 7 nitrogen and oxygen atoms in total. The maximum atomic E-state index is 9.83. The second kappa shape index (κ2) is 10.9. The number of hydrogen-bond acceptors (Lipinski definition) is 6. The molecule has 1 aromatic heterocycles. The molecular weight excluding hydrogens is 394 g/mol. The summed E-state index contributed by atoms with van der Waals surface area (Å²) in [7, 11) is 0. The van der Waals surface area contributed by atoms with Gasteiger partial charge in [-0.15, -0.1) is 0 Å². The van der Waals surface area contributed by atoms with Crippen molar-refractivity contribution in [2.24, 2.45) is 5.73 Å². The molecule has 0 spiro atoms. The molecule has 31 heavy (non-hydrogen) atoms. The fraction of sp³-hybridized carbons (Fsp3) is 0.292. The average molecular weight is 424 g/mol. The summed E-state index contributed by atoms with van der Waals surface area (Å²) in [6.07, 6.45) is 6.50. The van der Waals surface area contributed by atoms with Gasteiger partial charge in [0.2, 0.25) is 0 Å². The second-order valence-corrected chi connectivity index (χ2v) is 7.38. The number of imidazole rings is 1. The van der Waals surface area contributed by atoms with Crippen LogP contribution in [0.3, 0.4) is 0 Å². The van der Waals surface area contributed by atoms with Crippen LogP contribution < -0.4 is 10.5 Å². The van der Waals surface area contributed by atoms with Crippen LogP contribution in [-0.2, 0) is 0 Å². The topological polar surface area (TPSA) is 114 Å². The summed E-state index contributed by atoms with van der Waals surface area (Å²) >= 11 is 0. The van der Waals surface area contributed by atoms with Gasteiger partial charge >= 0.3 is 0 Å². The Morgan fingerprint density at radius 3 is 2.26 bits per heavy atom. The minimum atomic E-state index is -0.708. The highest BCUT2D eigenvalue weighted by atomic mass is 16.5. The predicted molar refractivity (Wildman–Crippen MR) is 120 cm³/mol. The molecule has 0 saturated carbocycles. The number of aromatic nitrogens is 2. The Hall–Kier alpha value is -2.97. The van der Waals surface area contributed by atoms with E-state index in [2.05, 4.69) is 4.98 Å². The van der Waals surface area contributed by atoms with E-state index >= 15 is 0 Å². The van der Waals surface area contributed by atoms with E-state index in [1.54, 1.807) is 23.9 Å². The molecule has 0 fully saturated rings. The molecule has 0 aliphatic carbocycles. The molecule has 7 heteroatoms. The lowest BCUT2D eigenvalue weighted by Gasteiger charge is -2.16. The Morgan fingerprint density at radius 1 is 1.03 bits per heavy atom. The van der Waals surface area contributed by atoms with Gasteiger partial charge in [0.1, 0.15) is 24.3 Å². The van der Waals surface area contributed by atoms with Crippen LogP contribution in [0.2, 0.25) is 0 Å². The Labute approximate surface area is 182 Å². The third-order valence-corrected chi connectivity index (χ3v) is 4.92. The van der Waals surface area contributed by atoms with Crippen molar-refractivity contribution in [1.29, 1.82) is 0 Å². The number of benzene rings is 2. The molecule has 1 heterocycles. The van der Waals surface area contributed by atoms with Crippen molar-refractivity contribution in [3.8, 4) is 16.9 Å². The number of rotatable bonds is 10. The fourth-order valence-corrected chi connectivity index (χ4v) is 3.18. The van der Waals surface area contributed by atoms with Gasteiger partial charge in [-0.1, -0.05) is 48.6 Å². The molecule has 0 aliphatic rings. The van der Waals surface area contributed by atoms with Gasteiger partial charge in [-0.3, -0.25) is 0 Å². The van der Waals surface area contributed by atoms with Gasteiger partial charge in [-0.25, -0.2) is 4.98 Å². The summed E-state index contributed by atoms with van der Waals surface area (Å²) < 4.78 is 7.32. The molecule has 3 atom stereocenters. The highest BCUT2D eigenvalue weighted by molar-refractivity contribution is 5.66. The fourth-order valence-electron chi connectivity index (χ4n) is 3.18. The highest BCUT2D eigenvalue weighted by Crippen LogP contribution is 2.24. The lowest BCUT2D eigenvalue weighted by atomic mass is 10.0. The summed E-state index contributed by atoms with van der Waals surface area (Å²) in [6, 6.07) is 15.1. The minimum Gasteiger partial charge on any atom is -0.492 e. The van der Waals surface area contributed by atoms with Gasteiger partial charge < -0.3 is 30.4 Å². The van der Waals surface area contributed by atoms with Gasteiger partial charge in [0.05, 0.1) is 25.3 Å². The highest BCUT2D eigenvalue weighted by Gasteiger charge is 2.14. The maximum Gasteiger partial charge on any atom is 0.137 e. The van der Waals surface area contributed by atoms with E-state index in [0.717, 1.165) is 16.7 Å². The molecule has 2 unspecified atom stereocenters. The lowest BCUT2D eigenvalue weighted by Crippen LogP contribution is -2.31. The zero-order valence-corrected chi connectivity index (χ0v) is 17.5. The van der Waals surface area contributed by atoms with Crippen molar-refractivity contribution in [2.75, 3.05) is 19.8 Å². The Kier molecular flexibility index (Phi) is 7.97. The largest absolute Gasteiger partial charge is 0.492 e. The number of nitrogens with zero attached hydrogens (tertiary/aromatic N) is 2. The van der Waals surface area contributed by atoms with Crippen LogP contribution in [0.25, 0.3) is 17.2 Å². The number of hydrogen-bond donors (Lipinski definition) is 4. The van der Waals surface area contributed by atoms with Gasteiger partial charge in [0, 0.05) is 12.4 Å². The molecule has 0 saturated heterocycles. The zero-order chi connectivity index (χ0) is 22.2. The van der Waals surface area contributed by atoms with Gasteiger partial charge in [0.25, 0.3) is 0 Å². The normalized spacial score (nSPS) is 14.5. The van der Waals surface area contributed by atoms with Crippen molar-refractivity contribution in [1.82, 2.24) is 9.55 Å². The first-order valence-electron chi connectivity index (χ1n) is 10.2. The smallest absolute Gasteiger partial charge is 0.137 e. The zero-order valence-electron chi connectivity index (χ0n) is 17.5. The van der Waals surface area contributed by atoms with Crippen LogP contribution in [-0.4, -0.2) is 50.7 Å². The Balaban J connectivity index is 1.66. The van der Waals surface area contributed by atoms with E-state index in [1.807, 2.05) is 60.7 Å². The Morgan fingerprint density at radius 2 is 1.68 bits per heavy atom. The minimum absolute atomic E-state index is 0.0949. The van der Waals surface area contributed by atoms with E-state index in [1.165, 1.54) is 0 Å². The first kappa shape index (κ1) is 22.7. The Bertz CT molecular complexity index is 965. The molecule has 164 valence electrons. The number of aliphatic hydroxyl groups is 3. The molecular formula is C24H29N3O4. The molecule has 0 radical (unpaired) electrons. The summed E-state index contributed by atoms with van der Waals surface area (Å²) in [6.45, 7) is 1.71. The molecule has 0 aliphatic heterocycles. The third-order valence-electron chi connectivity index (χ3n) is 4.92. The van der Waals surface area contributed by atoms with Crippen molar-refractivity contribution in [3.63, 3.8) is 0 Å². The molecule has 0 amide bonds. The number of nitrogens with two attached hydrogens (primary N) is 1. The van der Waals surface area contributed by atoms with E-state index in [0.29, 0.717) is 11.6 Å². The summed E-state index contributed by atoms with van der Waals surface area (Å²) in [5.41, 5.74) is 8.77. The van der Waals surface area contributed by atoms with E-state index in [-0.39, 0.29) is 25.9 Å². The first-order valence-corrected chi connectivity index (χ1v) is 10.2. The van der Waals surface area contributed by atoms with Crippen molar-refractivity contribution in [2.45, 2.75) is 25.1 Å². The van der Waals surface area contributed by atoms with Gasteiger partial charge in [-0.2, -0.15) is 0 Å². The molecule has 3 rings (SSSR count). The number of ether oxygens (including phenoxy) is 1. The monoisotopic (exact) mass is 423 g/mol. The van der Waals surface area contributed by atoms with Crippen LogP contribution in [0.5, 0.6) is 5.75 Å². The number of aliphatic hydroxyl groups excluding tert-OH is 3. The van der Waals surface area contributed by atoms with Gasteiger partial charge in [-0.05, 0) is 35.7 Å².